The first-order valence-corrected chi connectivity index (χ1v) is 24.7. The Labute approximate surface area is 564 Å². The van der Waals surface area contributed by atoms with Crippen LogP contribution < -0.4 is 0 Å². The lowest BCUT2D eigenvalue weighted by molar-refractivity contribution is -0.180. The SMILES string of the molecule is C.C.C.C.C.C.C.C.C.C.C.C.C.C.C.C.CCC(OCC(OCC(OCC(OC)C(=O)OC)C(=O)OCC1CO1)C(=O)OCC(C)O)c1ccc(O)cc1.CCC(OCC(OCC(OCC(OC)C(=O)OC)C(=O)OCC1CO1)C(=O)OCCO)c1ccc(O)cc1. The first-order chi connectivity index (χ1) is 37.0. The molecule has 2 saturated heterocycles. The highest BCUT2D eigenvalue weighted by molar-refractivity contribution is 5.78. The van der Waals surface area contributed by atoms with E-state index in [0.29, 0.717) is 26.1 Å². The predicted molar refractivity (Wildman–Crippen MR) is 369 cm³/mol. The van der Waals surface area contributed by atoms with E-state index in [2.05, 4.69) is 9.47 Å². The Hall–Kier alpha value is -5.62. The number of carbonyl (C=O) groups excluding carboxylic acids is 6. The highest BCUT2D eigenvalue weighted by Gasteiger charge is 2.34. The fourth-order valence-electron chi connectivity index (χ4n) is 6.36. The fraction of sp³-hybridized carbons (Fsp3) is 0.731. The molecule has 0 aromatic heterocycles. The molecule has 2 aromatic carbocycles. The molecule has 26 nitrogen and oxygen atoms in total. The summed E-state index contributed by atoms with van der Waals surface area (Å²) in [5, 5.41) is 37.6. The van der Waals surface area contributed by atoms with Crippen LogP contribution in [0.15, 0.2) is 48.5 Å². The summed E-state index contributed by atoms with van der Waals surface area (Å²) in [6.45, 7) is 3.18. The Morgan fingerprint density at radius 3 is 0.935 bits per heavy atom. The zero-order valence-corrected chi connectivity index (χ0v) is 44.3. The van der Waals surface area contributed by atoms with Crippen LogP contribution in [-0.4, -0.2) is 226 Å². The van der Waals surface area contributed by atoms with Crippen molar-refractivity contribution in [1.29, 1.82) is 0 Å². The largest absolute Gasteiger partial charge is 0.508 e. The average molecular weight is 1360 g/mol. The van der Waals surface area contributed by atoms with E-state index in [1.54, 1.807) is 24.3 Å². The van der Waals surface area contributed by atoms with E-state index in [4.69, 9.17) is 71.4 Å². The second-order valence-corrected chi connectivity index (χ2v) is 17.0. The lowest BCUT2D eigenvalue weighted by Crippen LogP contribution is -2.41. The molecule has 0 saturated carbocycles. The Morgan fingerprint density at radius 1 is 0.419 bits per heavy atom. The van der Waals surface area contributed by atoms with E-state index in [-0.39, 0.29) is 195 Å². The maximum atomic E-state index is 12.7. The Morgan fingerprint density at radius 2 is 0.688 bits per heavy atom. The van der Waals surface area contributed by atoms with Gasteiger partial charge in [0.25, 0.3) is 0 Å². The number of aliphatic hydroxyl groups excluding tert-OH is 2. The molecule has 2 aromatic rings. The number of phenolic OH excluding ortho intramolecular Hbond substituents is 2. The highest BCUT2D eigenvalue weighted by Crippen LogP contribution is 2.25. The van der Waals surface area contributed by atoms with Gasteiger partial charge in [0.2, 0.25) is 0 Å². The van der Waals surface area contributed by atoms with Crippen LogP contribution in [0.5, 0.6) is 11.5 Å². The molecular formula is C67H138O26. The maximum Gasteiger partial charge on any atom is 0.337 e. The van der Waals surface area contributed by atoms with Gasteiger partial charge in [-0.15, -0.1) is 0 Å². The molecule has 0 bridgehead atoms. The van der Waals surface area contributed by atoms with Crippen molar-refractivity contribution < 1.29 is 125 Å². The zero-order valence-electron chi connectivity index (χ0n) is 44.3. The summed E-state index contributed by atoms with van der Waals surface area (Å²) >= 11 is 0. The fourth-order valence-corrected chi connectivity index (χ4v) is 6.36. The second-order valence-electron chi connectivity index (χ2n) is 17.0. The van der Waals surface area contributed by atoms with Gasteiger partial charge in [-0.3, -0.25) is 0 Å². The third-order valence-corrected chi connectivity index (χ3v) is 10.9. The van der Waals surface area contributed by atoms with Crippen molar-refractivity contribution in [2.45, 2.75) is 220 Å². The Bertz CT molecular complexity index is 2040. The molecule has 4 N–H and O–H groups in total. The topological polar surface area (TPSA) is 338 Å². The number of hydrogen-bond acceptors (Lipinski definition) is 26. The van der Waals surface area contributed by atoms with Gasteiger partial charge in [0.1, 0.15) is 50.1 Å². The number of benzene rings is 2. The van der Waals surface area contributed by atoms with Crippen LogP contribution in [0.2, 0.25) is 0 Å². The van der Waals surface area contributed by atoms with Crippen LogP contribution in [0.25, 0.3) is 0 Å². The first-order valence-electron chi connectivity index (χ1n) is 24.7. The number of epoxide rings is 2. The minimum atomic E-state index is -1.34. The number of esters is 6. The molecule has 562 valence electrons. The summed E-state index contributed by atoms with van der Waals surface area (Å²) in [5.74, 6) is -4.42. The third-order valence-electron chi connectivity index (χ3n) is 10.9. The van der Waals surface area contributed by atoms with E-state index in [1.165, 1.54) is 59.6 Å². The van der Waals surface area contributed by atoms with Gasteiger partial charge in [-0.1, -0.05) is 157 Å². The number of aromatic hydroxyl groups is 2. The Balaban J connectivity index is -0.0000000954. The minimum absolute atomic E-state index is 0. The molecule has 4 rings (SSSR count). The van der Waals surface area contributed by atoms with Crippen molar-refractivity contribution in [3.63, 3.8) is 0 Å². The van der Waals surface area contributed by atoms with Crippen molar-refractivity contribution in [3.8, 4) is 11.5 Å². The summed E-state index contributed by atoms with van der Waals surface area (Å²) in [6, 6.07) is 12.9. The van der Waals surface area contributed by atoms with Gasteiger partial charge in [0.15, 0.2) is 36.6 Å². The van der Waals surface area contributed by atoms with E-state index < -0.39 is 111 Å². The molecule has 2 aliphatic rings. The predicted octanol–water partition coefficient (Wildman–Crippen LogP) is 11.2. The van der Waals surface area contributed by atoms with Crippen molar-refractivity contribution in [2.24, 2.45) is 0 Å². The van der Waals surface area contributed by atoms with E-state index in [9.17, 15) is 44.1 Å². The molecule has 2 aliphatic heterocycles. The van der Waals surface area contributed by atoms with Crippen molar-refractivity contribution >= 4 is 35.8 Å². The quantitative estimate of drug-likeness (QED) is 0.0276. The summed E-state index contributed by atoms with van der Waals surface area (Å²) in [4.78, 5) is 74.4. The zero-order chi connectivity index (χ0) is 56.7. The number of aliphatic hydroxyl groups is 2. The smallest absolute Gasteiger partial charge is 0.337 e. The monoisotopic (exact) mass is 1360 g/mol. The summed E-state index contributed by atoms with van der Waals surface area (Å²) in [5.41, 5.74) is 1.54. The molecule has 0 amide bonds. The summed E-state index contributed by atoms with van der Waals surface area (Å²) < 4.78 is 84.3. The van der Waals surface area contributed by atoms with Crippen LogP contribution in [-0.2, 0) is 105 Å². The number of hydrogen-bond donors (Lipinski definition) is 4. The number of phenols is 2. The molecule has 2 fully saturated rings. The van der Waals surface area contributed by atoms with Crippen molar-refractivity contribution in [3.05, 3.63) is 59.7 Å². The number of ether oxygens (including phenoxy) is 16. The van der Waals surface area contributed by atoms with Gasteiger partial charge >= 0.3 is 35.8 Å². The van der Waals surface area contributed by atoms with Crippen LogP contribution in [0.4, 0.5) is 0 Å². The minimum Gasteiger partial charge on any atom is -0.508 e. The normalized spacial score (nSPS) is 14.9. The van der Waals surface area contributed by atoms with Crippen LogP contribution in [0.1, 0.15) is 176 Å². The Kier molecular flexibility index (Phi) is 88.3. The highest BCUT2D eigenvalue weighted by atomic mass is 16.7. The van der Waals surface area contributed by atoms with Gasteiger partial charge < -0.3 is 96.2 Å². The first kappa shape index (κ1) is 121. The molecule has 93 heavy (non-hydrogen) atoms. The third kappa shape index (κ3) is 47.8. The maximum absolute atomic E-state index is 12.7. The summed E-state index contributed by atoms with van der Waals surface area (Å²) in [6.07, 6.45) is -8.50. The van der Waals surface area contributed by atoms with Crippen LogP contribution >= 0.6 is 0 Å². The lowest BCUT2D eigenvalue weighted by atomic mass is 10.1. The van der Waals surface area contributed by atoms with Gasteiger partial charge in [0.05, 0.1) is 92.0 Å². The summed E-state index contributed by atoms with van der Waals surface area (Å²) in [7, 11) is 4.93. The van der Waals surface area contributed by atoms with Crippen molar-refractivity contribution in [1.82, 2.24) is 0 Å². The van der Waals surface area contributed by atoms with Gasteiger partial charge in [-0.2, -0.15) is 0 Å². The number of rotatable bonds is 38. The molecule has 26 heteroatoms. The molecule has 0 spiro atoms. The van der Waals surface area contributed by atoms with E-state index >= 15 is 0 Å². The number of carbonyl (C=O) groups is 6. The second kappa shape index (κ2) is 67.8. The molecule has 0 radical (unpaired) electrons. The van der Waals surface area contributed by atoms with Gasteiger partial charge in [-0.05, 0) is 55.2 Å². The number of methoxy groups -OCH3 is 4. The van der Waals surface area contributed by atoms with E-state index in [1.807, 2.05) is 13.8 Å². The molecular weight excluding hydrogens is 1220 g/mol. The van der Waals surface area contributed by atoms with Crippen LogP contribution in [0.3, 0.4) is 0 Å². The van der Waals surface area contributed by atoms with Crippen LogP contribution in [0, 0.1) is 0 Å². The van der Waals surface area contributed by atoms with Gasteiger partial charge in [0, 0.05) is 14.2 Å². The standard InChI is InChI=1S/C26H38O13.C25H36O13.16CH4/c1-5-20(17-6-8-18(28)9-7-17)35-14-22(25(30)38-10-16(2)27)37-15-23(26(31)39-12-19-11-34-19)36-13-21(32-3)24(29)33-4;1-4-19(16-5-7-17(27)8-6-16)35-14-21(24(29)33-10-9-26)37-15-22(25(30)38-12-18-11-34-18)36-13-20(31-2)23(28)32-3;;;;;;;;;;;;;;;;/h6-9,16,19-23,27-28H,5,10-15H2,1-4H3;5-8,18-22,26-27H,4,9-15H2,1-3H3;16*1H4. The van der Waals surface area contributed by atoms with Gasteiger partial charge in [-0.25, -0.2) is 28.8 Å². The molecule has 2 heterocycles. The average Bonchev–Trinajstić information content (AvgIpc) is 4.42. The van der Waals surface area contributed by atoms with Crippen molar-refractivity contribution in [2.75, 3.05) is 114 Å². The molecule has 0 aliphatic carbocycles. The molecule has 11 atom stereocenters. The van der Waals surface area contributed by atoms with E-state index in [0.717, 1.165) is 11.1 Å². The molecule has 11 unspecified atom stereocenters. The lowest BCUT2D eigenvalue weighted by Gasteiger charge is -2.24.